The Morgan fingerprint density at radius 1 is 1.21 bits per heavy atom. The standard InChI is InChI=1S/C21H20FN3O3S/c1-13-18-17(12-25(21(18)26)11-14-6-8-15(22)9-7-14)20(24(2)29(3,27)28)16-5-4-10-23-19(13)16/h4-10H,11-12H2,1-3H3. The first-order chi connectivity index (χ1) is 13.7. The van der Waals surface area contributed by atoms with Crippen LogP contribution in [-0.2, 0) is 23.1 Å². The SMILES string of the molecule is Cc1c2c(c(N(C)S(C)(=O)=O)c3cccnc13)CN(Cc1ccc(F)cc1)C2=O. The minimum absolute atomic E-state index is 0.183. The molecule has 1 amide bonds. The quantitative estimate of drug-likeness (QED) is 0.658. The molecule has 0 fully saturated rings. The van der Waals surface area contributed by atoms with Gasteiger partial charge in [-0.2, -0.15) is 0 Å². The van der Waals surface area contributed by atoms with Crippen molar-refractivity contribution in [3.8, 4) is 0 Å². The van der Waals surface area contributed by atoms with Crippen molar-refractivity contribution < 1.29 is 17.6 Å². The van der Waals surface area contributed by atoms with Crippen LogP contribution in [0.25, 0.3) is 10.9 Å². The van der Waals surface area contributed by atoms with E-state index in [-0.39, 0.29) is 18.3 Å². The molecule has 0 saturated carbocycles. The average molecular weight is 413 g/mol. The number of aryl methyl sites for hydroxylation is 1. The van der Waals surface area contributed by atoms with Crippen molar-refractivity contribution in [3.63, 3.8) is 0 Å². The molecule has 0 N–H and O–H groups in total. The van der Waals surface area contributed by atoms with Gasteiger partial charge in [-0.15, -0.1) is 0 Å². The Kier molecular flexibility index (Phi) is 4.53. The van der Waals surface area contributed by atoms with Gasteiger partial charge in [-0.3, -0.25) is 14.1 Å². The van der Waals surface area contributed by atoms with E-state index in [0.29, 0.717) is 34.3 Å². The van der Waals surface area contributed by atoms with E-state index in [1.54, 1.807) is 29.3 Å². The first-order valence-electron chi connectivity index (χ1n) is 9.06. The Bertz CT molecular complexity index is 1240. The molecule has 0 radical (unpaired) electrons. The van der Waals surface area contributed by atoms with Crippen molar-refractivity contribution >= 4 is 32.5 Å². The van der Waals surface area contributed by atoms with E-state index in [0.717, 1.165) is 17.4 Å². The monoisotopic (exact) mass is 413 g/mol. The lowest BCUT2D eigenvalue weighted by Crippen LogP contribution is -2.26. The zero-order chi connectivity index (χ0) is 20.9. The molecular weight excluding hydrogens is 393 g/mol. The van der Waals surface area contributed by atoms with E-state index in [2.05, 4.69) is 4.98 Å². The number of halogens is 1. The number of benzene rings is 2. The summed E-state index contributed by atoms with van der Waals surface area (Å²) in [7, 11) is -2.06. The molecule has 1 aliphatic heterocycles. The Hall–Kier alpha value is -3.00. The highest BCUT2D eigenvalue weighted by molar-refractivity contribution is 7.92. The molecule has 0 spiro atoms. The van der Waals surface area contributed by atoms with Gasteiger partial charge >= 0.3 is 0 Å². The summed E-state index contributed by atoms with van der Waals surface area (Å²) >= 11 is 0. The zero-order valence-electron chi connectivity index (χ0n) is 16.3. The summed E-state index contributed by atoms with van der Waals surface area (Å²) in [5, 5.41) is 0.688. The predicted molar refractivity (Wildman–Crippen MR) is 110 cm³/mol. The van der Waals surface area contributed by atoms with Crippen LogP contribution < -0.4 is 4.31 Å². The molecule has 6 nitrogen and oxygen atoms in total. The highest BCUT2D eigenvalue weighted by Crippen LogP contribution is 2.41. The molecule has 2 heterocycles. The minimum atomic E-state index is -3.55. The first-order valence-corrected chi connectivity index (χ1v) is 10.9. The van der Waals surface area contributed by atoms with Crippen LogP contribution in [0.15, 0.2) is 42.6 Å². The van der Waals surface area contributed by atoms with E-state index < -0.39 is 10.0 Å². The van der Waals surface area contributed by atoms with Crippen LogP contribution in [0.5, 0.6) is 0 Å². The van der Waals surface area contributed by atoms with Crippen molar-refractivity contribution in [1.29, 1.82) is 0 Å². The maximum atomic E-state index is 13.2. The summed E-state index contributed by atoms with van der Waals surface area (Å²) < 4.78 is 39.1. The van der Waals surface area contributed by atoms with Crippen LogP contribution in [0.4, 0.5) is 10.1 Å². The number of nitrogens with zero attached hydrogens (tertiary/aromatic N) is 3. The minimum Gasteiger partial charge on any atom is -0.330 e. The van der Waals surface area contributed by atoms with Gasteiger partial charge in [0.25, 0.3) is 5.91 Å². The summed E-state index contributed by atoms with van der Waals surface area (Å²) in [6, 6.07) is 9.56. The summed E-state index contributed by atoms with van der Waals surface area (Å²) in [6.07, 6.45) is 2.76. The molecule has 0 saturated heterocycles. The molecule has 1 aliphatic rings. The molecule has 0 aliphatic carbocycles. The molecule has 1 aromatic heterocycles. The summed E-state index contributed by atoms with van der Waals surface area (Å²) in [5.41, 5.74) is 3.77. The normalized spacial score (nSPS) is 13.8. The van der Waals surface area contributed by atoms with E-state index in [1.807, 2.05) is 13.0 Å². The van der Waals surface area contributed by atoms with Crippen LogP contribution in [0.2, 0.25) is 0 Å². The number of sulfonamides is 1. The molecule has 3 aromatic rings. The molecule has 150 valence electrons. The van der Waals surface area contributed by atoms with Gasteiger partial charge in [-0.25, -0.2) is 12.8 Å². The van der Waals surface area contributed by atoms with Crippen LogP contribution >= 0.6 is 0 Å². The number of carbonyl (C=O) groups is 1. The Labute approximate surface area is 168 Å². The molecule has 8 heteroatoms. The van der Waals surface area contributed by atoms with Crippen molar-refractivity contribution in [1.82, 2.24) is 9.88 Å². The number of amides is 1. The molecule has 4 rings (SSSR count). The van der Waals surface area contributed by atoms with Crippen molar-refractivity contribution in [3.05, 3.63) is 70.7 Å². The third-order valence-electron chi connectivity index (χ3n) is 5.33. The molecule has 2 aromatic carbocycles. The maximum absolute atomic E-state index is 13.2. The maximum Gasteiger partial charge on any atom is 0.255 e. The number of carbonyl (C=O) groups excluding carboxylic acids is 1. The Morgan fingerprint density at radius 3 is 2.55 bits per heavy atom. The topological polar surface area (TPSA) is 70.6 Å². The summed E-state index contributed by atoms with van der Waals surface area (Å²) in [6.45, 7) is 2.41. The second-order valence-electron chi connectivity index (χ2n) is 7.24. The lowest BCUT2D eigenvalue weighted by molar-refractivity contribution is 0.0766. The van der Waals surface area contributed by atoms with Crippen LogP contribution in [0, 0.1) is 12.7 Å². The van der Waals surface area contributed by atoms with E-state index in [4.69, 9.17) is 0 Å². The zero-order valence-corrected chi connectivity index (χ0v) is 17.1. The van der Waals surface area contributed by atoms with Crippen molar-refractivity contribution in [2.24, 2.45) is 0 Å². The smallest absolute Gasteiger partial charge is 0.255 e. The lowest BCUT2D eigenvalue weighted by Gasteiger charge is -2.23. The van der Waals surface area contributed by atoms with Gasteiger partial charge in [-0.1, -0.05) is 12.1 Å². The summed E-state index contributed by atoms with van der Waals surface area (Å²) in [5.74, 6) is -0.521. The van der Waals surface area contributed by atoms with Crippen molar-refractivity contribution in [2.45, 2.75) is 20.0 Å². The summed E-state index contributed by atoms with van der Waals surface area (Å²) in [4.78, 5) is 19.3. The third kappa shape index (κ3) is 3.23. The lowest BCUT2D eigenvalue weighted by atomic mass is 9.97. The number of hydrogen-bond acceptors (Lipinski definition) is 4. The molecular formula is C21H20FN3O3S. The van der Waals surface area contributed by atoms with E-state index in [1.165, 1.54) is 23.5 Å². The number of rotatable bonds is 4. The highest BCUT2D eigenvalue weighted by Gasteiger charge is 2.35. The number of pyridine rings is 1. The first kappa shape index (κ1) is 19.3. The molecule has 0 unspecified atom stereocenters. The molecule has 0 atom stereocenters. The van der Waals surface area contributed by atoms with Crippen LogP contribution in [0.1, 0.15) is 27.0 Å². The average Bonchev–Trinajstić information content (AvgIpc) is 2.99. The Balaban J connectivity index is 1.88. The Morgan fingerprint density at radius 2 is 1.90 bits per heavy atom. The van der Waals surface area contributed by atoms with Crippen LogP contribution in [0.3, 0.4) is 0 Å². The second-order valence-corrected chi connectivity index (χ2v) is 9.26. The van der Waals surface area contributed by atoms with Gasteiger partial charge < -0.3 is 4.90 Å². The second kappa shape index (κ2) is 6.81. The van der Waals surface area contributed by atoms with Crippen molar-refractivity contribution in [2.75, 3.05) is 17.6 Å². The van der Waals surface area contributed by atoms with Gasteiger partial charge in [0.05, 0.1) is 23.0 Å². The van der Waals surface area contributed by atoms with E-state index in [9.17, 15) is 17.6 Å². The fourth-order valence-corrected chi connectivity index (χ4v) is 4.39. The van der Waals surface area contributed by atoms with E-state index >= 15 is 0 Å². The largest absolute Gasteiger partial charge is 0.330 e. The number of fused-ring (bicyclic) bond motifs is 2. The third-order valence-corrected chi connectivity index (χ3v) is 6.51. The van der Waals surface area contributed by atoms with Crippen LogP contribution in [-0.4, -0.2) is 37.5 Å². The highest BCUT2D eigenvalue weighted by atomic mass is 32.2. The van der Waals surface area contributed by atoms with Gasteiger partial charge in [0.15, 0.2) is 0 Å². The number of aromatic nitrogens is 1. The van der Waals surface area contributed by atoms with Gasteiger partial charge in [-0.05, 0) is 42.3 Å². The fourth-order valence-electron chi connectivity index (χ4n) is 3.85. The van der Waals surface area contributed by atoms with Gasteiger partial charge in [0.2, 0.25) is 10.0 Å². The fraction of sp³-hybridized carbons (Fsp3) is 0.238. The predicted octanol–water partition coefficient (Wildman–Crippen LogP) is 3.23. The molecule has 0 bridgehead atoms. The molecule has 29 heavy (non-hydrogen) atoms. The number of hydrogen-bond donors (Lipinski definition) is 0. The van der Waals surface area contributed by atoms with Gasteiger partial charge in [0.1, 0.15) is 5.82 Å². The van der Waals surface area contributed by atoms with Gasteiger partial charge in [0, 0.05) is 37.3 Å². The number of anilines is 1.